The second-order valence-electron chi connectivity index (χ2n) is 7.32. The predicted molar refractivity (Wildman–Crippen MR) is 117 cm³/mol. The van der Waals surface area contributed by atoms with Gasteiger partial charge in [-0.1, -0.05) is 12.1 Å². The molecule has 3 aromatic rings. The molecule has 32 heavy (non-hydrogen) atoms. The van der Waals surface area contributed by atoms with Crippen molar-refractivity contribution < 1.29 is 27.5 Å². The topological polar surface area (TPSA) is 104 Å². The first-order valence-electron chi connectivity index (χ1n) is 9.82. The van der Waals surface area contributed by atoms with E-state index in [1.54, 1.807) is 12.1 Å². The number of nitrogens with zero attached hydrogens (tertiary/aromatic N) is 1. The summed E-state index contributed by atoms with van der Waals surface area (Å²) >= 11 is 0. The number of anilines is 2. The molecule has 9 heteroatoms. The average molecular weight is 454 g/mol. The lowest BCUT2D eigenvalue weighted by Gasteiger charge is -2.31. The number of sulfonamides is 1. The van der Waals surface area contributed by atoms with Crippen molar-refractivity contribution in [1.29, 1.82) is 0 Å². The number of carboxylic acid groups (broad SMARTS) is 1. The Bertz CT molecular complexity index is 1310. The van der Waals surface area contributed by atoms with Crippen LogP contribution in [0.2, 0.25) is 0 Å². The first-order chi connectivity index (χ1) is 15.3. The Balaban J connectivity index is 1.64. The summed E-state index contributed by atoms with van der Waals surface area (Å²) in [5, 5.41) is 11.6. The monoisotopic (exact) mass is 454 g/mol. The van der Waals surface area contributed by atoms with Gasteiger partial charge in [0.05, 0.1) is 16.1 Å². The van der Waals surface area contributed by atoms with Crippen molar-refractivity contribution in [1.82, 2.24) is 0 Å². The third-order valence-electron chi connectivity index (χ3n) is 5.20. The summed E-state index contributed by atoms with van der Waals surface area (Å²) in [6.45, 7) is 0.216. The van der Waals surface area contributed by atoms with Crippen LogP contribution in [0.25, 0.3) is 0 Å². The van der Waals surface area contributed by atoms with Gasteiger partial charge in [-0.2, -0.15) is 0 Å². The first-order valence-corrected chi connectivity index (χ1v) is 11.3. The molecule has 0 aromatic heterocycles. The molecule has 1 amide bonds. The molecule has 4 rings (SSSR count). The number of rotatable bonds is 5. The molecule has 0 saturated carbocycles. The molecule has 164 valence electrons. The van der Waals surface area contributed by atoms with Crippen molar-refractivity contribution in [2.75, 3.05) is 16.2 Å². The molecule has 0 saturated heterocycles. The van der Waals surface area contributed by atoms with E-state index in [-0.39, 0.29) is 22.6 Å². The highest BCUT2D eigenvalue weighted by Crippen LogP contribution is 2.33. The highest BCUT2D eigenvalue weighted by Gasteiger charge is 2.30. The van der Waals surface area contributed by atoms with Crippen LogP contribution in [0.15, 0.2) is 71.6 Å². The van der Waals surface area contributed by atoms with E-state index in [4.69, 9.17) is 5.11 Å². The lowest BCUT2D eigenvalue weighted by Crippen LogP contribution is -2.35. The molecule has 0 unspecified atom stereocenters. The lowest BCUT2D eigenvalue weighted by atomic mass is 10.0. The first kappa shape index (κ1) is 21.5. The molecular weight excluding hydrogens is 435 g/mol. The van der Waals surface area contributed by atoms with E-state index in [0.29, 0.717) is 24.2 Å². The number of carbonyl (C=O) groups is 2. The number of hydrogen-bond acceptors (Lipinski definition) is 4. The Kier molecular flexibility index (Phi) is 5.67. The molecule has 2 N–H and O–H groups in total. The minimum atomic E-state index is -4.01. The summed E-state index contributed by atoms with van der Waals surface area (Å²) in [4.78, 5) is 23.6. The van der Waals surface area contributed by atoms with Crippen LogP contribution in [0.3, 0.4) is 0 Å². The minimum absolute atomic E-state index is 0.0926. The molecule has 0 radical (unpaired) electrons. The van der Waals surface area contributed by atoms with Crippen molar-refractivity contribution in [3.63, 3.8) is 0 Å². The molecule has 3 aromatic carbocycles. The minimum Gasteiger partial charge on any atom is -0.478 e. The van der Waals surface area contributed by atoms with E-state index < -0.39 is 27.7 Å². The number of carbonyl (C=O) groups excluding carboxylic acids is 1. The number of amides is 1. The van der Waals surface area contributed by atoms with Crippen LogP contribution in [0.4, 0.5) is 15.8 Å². The number of fused-ring (bicyclic) bond motifs is 1. The van der Waals surface area contributed by atoms with Gasteiger partial charge in [-0.15, -0.1) is 0 Å². The van der Waals surface area contributed by atoms with Gasteiger partial charge in [-0.25, -0.2) is 17.6 Å². The quantitative estimate of drug-likeness (QED) is 0.608. The Morgan fingerprint density at radius 1 is 0.969 bits per heavy atom. The molecule has 1 aliphatic heterocycles. The van der Waals surface area contributed by atoms with Crippen LogP contribution >= 0.6 is 0 Å². The fourth-order valence-corrected chi connectivity index (χ4v) is 5.15. The summed E-state index contributed by atoms with van der Waals surface area (Å²) in [6, 6.07) is 15.3. The summed E-state index contributed by atoms with van der Waals surface area (Å²) in [5.74, 6) is -2.19. The number of nitrogens with one attached hydrogen (secondary N) is 1. The number of hydrogen-bond donors (Lipinski definition) is 2. The fourth-order valence-electron chi connectivity index (χ4n) is 3.59. The number of aromatic carboxylic acids is 1. The highest BCUT2D eigenvalue weighted by atomic mass is 32.2. The molecule has 0 fully saturated rings. The summed E-state index contributed by atoms with van der Waals surface area (Å²) in [7, 11) is -4.01. The molecule has 0 spiro atoms. The zero-order chi connectivity index (χ0) is 22.9. The third kappa shape index (κ3) is 4.19. The average Bonchev–Trinajstić information content (AvgIpc) is 2.78. The molecular formula is C23H19FN2O5S. The van der Waals surface area contributed by atoms with Gasteiger partial charge in [0.15, 0.2) is 0 Å². The van der Waals surface area contributed by atoms with E-state index in [2.05, 4.69) is 5.32 Å². The van der Waals surface area contributed by atoms with E-state index in [0.717, 1.165) is 11.6 Å². The summed E-state index contributed by atoms with van der Waals surface area (Å²) in [6.07, 6.45) is 1.26. The maximum absolute atomic E-state index is 13.6. The molecule has 7 nitrogen and oxygen atoms in total. The van der Waals surface area contributed by atoms with Crippen LogP contribution in [-0.2, 0) is 16.4 Å². The van der Waals surface area contributed by atoms with Gasteiger partial charge in [0.1, 0.15) is 5.82 Å². The largest absolute Gasteiger partial charge is 0.478 e. The second-order valence-corrected chi connectivity index (χ2v) is 9.18. The van der Waals surface area contributed by atoms with Crippen LogP contribution in [0.1, 0.15) is 32.7 Å². The zero-order valence-corrected chi connectivity index (χ0v) is 17.6. The van der Waals surface area contributed by atoms with Crippen LogP contribution in [0.5, 0.6) is 0 Å². The van der Waals surface area contributed by atoms with E-state index in [1.165, 1.54) is 52.8 Å². The normalized spacial score (nSPS) is 13.3. The van der Waals surface area contributed by atoms with Crippen molar-refractivity contribution >= 4 is 33.3 Å². The van der Waals surface area contributed by atoms with E-state index in [9.17, 15) is 22.4 Å². The SMILES string of the molecule is O=C(O)c1ccc(NC(=O)c2ccc3c(c2)N(S(=O)(=O)c2cccc(F)c2)CCC3)cc1. The lowest BCUT2D eigenvalue weighted by molar-refractivity contribution is 0.0696. The number of benzene rings is 3. The van der Waals surface area contributed by atoms with Crippen molar-refractivity contribution in [2.24, 2.45) is 0 Å². The van der Waals surface area contributed by atoms with E-state index in [1.807, 2.05) is 0 Å². The van der Waals surface area contributed by atoms with Gasteiger partial charge >= 0.3 is 5.97 Å². The van der Waals surface area contributed by atoms with Gasteiger partial charge in [-0.05, 0) is 73.0 Å². The molecule has 0 bridgehead atoms. The second kappa shape index (κ2) is 8.43. The van der Waals surface area contributed by atoms with Crippen molar-refractivity contribution in [3.05, 3.63) is 89.2 Å². The van der Waals surface area contributed by atoms with Crippen molar-refractivity contribution in [2.45, 2.75) is 17.7 Å². The molecule has 0 atom stereocenters. The number of aryl methyl sites for hydroxylation is 1. The van der Waals surface area contributed by atoms with Gasteiger partial charge in [0.2, 0.25) is 0 Å². The fraction of sp³-hybridized carbons (Fsp3) is 0.130. The maximum atomic E-state index is 13.6. The molecule has 0 aliphatic carbocycles. The molecule has 1 heterocycles. The van der Waals surface area contributed by atoms with E-state index >= 15 is 0 Å². The van der Waals surface area contributed by atoms with Crippen LogP contribution < -0.4 is 9.62 Å². The smallest absolute Gasteiger partial charge is 0.335 e. The summed E-state index contributed by atoms with van der Waals surface area (Å²) in [5.41, 5.74) is 1.90. The highest BCUT2D eigenvalue weighted by molar-refractivity contribution is 7.92. The van der Waals surface area contributed by atoms with Crippen LogP contribution in [0, 0.1) is 5.82 Å². The Morgan fingerprint density at radius 3 is 2.38 bits per heavy atom. The Labute approximate surface area is 184 Å². The summed E-state index contributed by atoms with van der Waals surface area (Å²) < 4.78 is 41.2. The van der Waals surface area contributed by atoms with Gasteiger partial charge in [-0.3, -0.25) is 9.10 Å². The molecule has 1 aliphatic rings. The van der Waals surface area contributed by atoms with Gasteiger partial charge in [0, 0.05) is 17.8 Å². The number of carboxylic acids is 1. The van der Waals surface area contributed by atoms with Gasteiger partial charge in [0.25, 0.3) is 15.9 Å². The standard InChI is InChI=1S/C23H19FN2O5S/c24-18-4-1-5-20(14-18)32(30,31)26-12-2-3-15-6-7-17(13-21(15)26)22(27)25-19-10-8-16(9-11-19)23(28)29/h1,4-11,13-14H,2-3,12H2,(H,25,27)(H,28,29). The van der Waals surface area contributed by atoms with Crippen LogP contribution in [-0.4, -0.2) is 31.9 Å². The Morgan fingerprint density at radius 2 is 1.69 bits per heavy atom. The van der Waals surface area contributed by atoms with Gasteiger partial charge < -0.3 is 10.4 Å². The Hall–Kier alpha value is -3.72. The predicted octanol–water partition coefficient (Wildman–Crippen LogP) is 3.92. The number of halogens is 1. The third-order valence-corrected chi connectivity index (χ3v) is 7.01. The maximum Gasteiger partial charge on any atom is 0.335 e. The zero-order valence-electron chi connectivity index (χ0n) is 16.8. The van der Waals surface area contributed by atoms with Crippen molar-refractivity contribution in [3.8, 4) is 0 Å².